The lowest BCUT2D eigenvalue weighted by Gasteiger charge is -2.11. The van der Waals surface area contributed by atoms with Crippen LogP contribution in [0.1, 0.15) is 32.3 Å². The SMILES string of the molecule is Cc1cc(-c2cccc(OCC(C)C)c2)nc2cnn(CCCC(N)=O)c12. The molecule has 1 aromatic carbocycles. The Balaban J connectivity index is 1.86. The minimum Gasteiger partial charge on any atom is -0.493 e. The van der Waals surface area contributed by atoms with E-state index in [4.69, 9.17) is 15.5 Å². The first-order chi connectivity index (χ1) is 12.9. The first kappa shape index (κ1) is 18.9. The van der Waals surface area contributed by atoms with Crippen molar-refractivity contribution in [1.29, 1.82) is 0 Å². The second-order valence-electron chi connectivity index (χ2n) is 7.23. The quantitative estimate of drug-likeness (QED) is 0.659. The number of amides is 1. The highest BCUT2D eigenvalue weighted by atomic mass is 16.5. The van der Waals surface area contributed by atoms with Crippen LogP contribution in [0.3, 0.4) is 0 Å². The molecule has 0 radical (unpaired) electrons. The molecule has 6 nitrogen and oxygen atoms in total. The van der Waals surface area contributed by atoms with E-state index in [-0.39, 0.29) is 5.91 Å². The Labute approximate surface area is 159 Å². The summed E-state index contributed by atoms with van der Waals surface area (Å²) in [5, 5.41) is 4.43. The fraction of sp³-hybridized carbons (Fsp3) is 0.381. The average Bonchev–Trinajstić information content (AvgIpc) is 3.03. The van der Waals surface area contributed by atoms with E-state index in [0.29, 0.717) is 31.9 Å². The lowest BCUT2D eigenvalue weighted by atomic mass is 10.1. The maximum Gasteiger partial charge on any atom is 0.217 e. The van der Waals surface area contributed by atoms with Crippen LogP contribution in [0, 0.1) is 12.8 Å². The number of benzene rings is 1. The molecule has 3 rings (SSSR count). The highest BCUT2D eigenvalue weighted by molar-refractivity contribution is 5.81. The molecule has 0 saturated heterocycles. The first-order valence-corrected chi connectivity index (χ1v) is 9.28. The summed E-state index contributed by atoms with van der Waals surface area (Å²) in [6, 6.07) is 10.1. The van der Waals surface area contributed by atoms with Gasteiger partial charge in [-0.1, -0.05) is 26.0 Å². The van der Waals surface area contributed by atoms with Gasteiger partial charge in [0.05, 0.1) is 24.0 Å². The van der Waals surface area contributed by atoms with E-state index in [1.165, 1.54) is 0 Å². The summed E-state index contributed by atoms with van der Waals surface area (Å²) in [5.74, 6) is 1.04. The number of primary amides is 1. The van der Waals surface area contributed by atoms with Crippen molar-refractivity contribution < 1.29 is 9.53 Å². The third kappa shape index (κ3) is 4.64. The number of hydrogen-bond donors (Lipinski definition) is 1. The molecular weight excluding hydrogens is 340 g/mol. The van der Waals surface area contributed by atoms with Crippen LogP contribution in [0.5, 0.6) is 5.75 Å². The van der Waals surface area contributed by atoms with Crippen LogP contribution in [0.25, 0.3) is 22.3 Å². The molecule has 6 heteroatoms. The van der Waals surface area contributed by atoms with Crippen LogP contribution in [-0.4, -0.2) is 27.3 Å². The van der Waals surface area contributed by atoms with Gasteiger partial charge in [-0.15, -0.1) is 0 Å². The van der Waals surface area contributed by atoms with E-state index in [2.05, 4.69) is 31.9 Å². The summed E-state index contributed by atoms with van der Waals surface area (Å²) in [5.41, 5.74) is 10.1. The Kier molecular flexibility index (Phi) is 5.74. The summed E-state index contributed by atoms with van der Waals surface area (Å²) in [7, 11) is 0. The number of fused-ring (bicyclic) bond motifs is 1. The van der Waals surface area contributed by atoms with Crippen LogP contribution in [0.15, 0.2) is 36.5 Å². The molecule has 0 unspecified atom stereocenters. The van der Waals surface area contributed by atoms with Gasteiger partial charge >= 0.3 is 0 Å². The Hall–Kier alpha value is -2.89. The molecule has 0 saturated carbocycles. The maximum atomic E-state index is 10.9. The number of nitrogens with zero attached hydrogens (tertiary/aromatic N) is 3. The third-order valence-electron chi connectivity index (χ3n) is 4.29. The van der Waals surface area contributed by atoms with Gasteiger partial charge in [0.2, 0.25) is 5.91 Å². The molecule has 2 heterocycles. The van der Waals surface area contributed by atoms with Crippen molar-refractivity contribution in [3.8, 4) is 17.0 Å². The van der Waals surface area contributed by atoms with Gasteiger partial charge in [0.15, 0.2) is 0 Å². The van der Waals surface area contributed by atoms with Gasteiger partial charge in [0.25, 0.3) is 0 Å². The zero-order valence-corrected chi connectivity index (χ0v) is 16.1. The van der Waals surface area contributed by atoms with Gasteiger partial charge in [-0.2, -0.15) is 5.10 Å². The molecule has 0 atom stereocenters. The van der Waals surface area contributed by atoms with Crippen LogP contribution in [0.2, 0.25) is 0 Å². The second-order valence-corrected chi connectivity index (χ2v) is 7.23. The number of ether oxygens (including phenoxy) is 1. The van der Waals surface area contributed by atoms with Crippen LogP contribution >= 0.6 is 0 Å². The van der Waals surface area contributed by atoms with E-state index in [1.54, 1.807) is 6.20 Å². The normalized spacial score (nSPS) is 11.3. The Bertz CT molecular complexity index is 947. The molecule has 0 aliphatic carbocycles. The number of aromatic nitrogens is 3. The highest BCUT2D eigenvalue weighted by Crippen LogP contribution is 2.27. The summed E-state index contributed by atoms with van der Waals surface area (Å²) in [6.07, 6.45) is 2.80. The minimum atomic E-state index is -0.289. The Morgan fingerprint density at radius 2 is 2.11 bits per heavy atom. The maximum absolute atomic E-state index is 10.9. The lowest BCUT2D eigenvalue weighted by molar-refractivity contribution is -0.118. The van der Waals surface area contributed by atoms with Gasteiger partial charge in [0.1, 0.15) is 11.3 Å². The first-order valence-electron chi connectivity index (χ1n) is 9.28. The second kappa shape index (κ2) is 8.20. The fourth-order valence-electron chi connectivity index (χ4n) is 3.03. The van der Waals surface area contributed by atoms with Gasteiger partial charge in [-0.3, -0.25) is 9.48 Å². The summed E-state index contributed by atoms with van der Waals surface area (Å²) in [4.78, 5) is 15.7. The summed E-state index contributed by atoms with van der Waals surface area (Å²) in [6.45, 7) is 7.65. The number of carbonyl (C=O) groups excluding carboxylic acids is 1. The smallest absolute Gasteiger partial charge is 0.217 e. The highest BCUT2D eigenvalue weighted by Gasteiger charge is 2.11. The molecule has 3 aromatic rings. The van der Waals surface area contributed by atoms with E-state index in [0.717, 1.165) is 33.6 Å². The molecule has 0 fully saturated rings. The molecule has 2 N–H and O–H groups in total. The molecule has 27 heavy (non-hydrogen) atoms. The van der Waals surface area contributed by atoms with Crippen molar-refractivity contribution in [3.05, 3.63) is 42.1 Å². The van der Waals surface area contributed by atoms with Gasteiger partial charge in [-0.25, -0.2) is 4.98 Å². The van der Waals surface area contributed by atoms with E-state index in [1.807, 2.05) is 28.9 Å². The number of nitrogens with two attached hydrogens (primary N) is 1. The van der Waals surface area contributed by atoms with Crippen molar-refractivity contribution in [1.82, 2.24) is 14.8 Å². The van der Waals surface area contributed by atoms with Crippen molar-refractivity contribution in [2.45, 2.75) is 40.2 Å². The zero-order chi connectivity index (χ0) is 19.4. The van der Waals surface area contributed by atoms with Crippen molar-refractivity contribution in [2.24, 2.45) is 11.7 Å². The van der Waals surface area contributed by atoms with Crippen molar-refractivity contribution >= 4 is 16.9 Å². The summed E-state index contributed by atoms with van der Waals surface area (Å²) >= 11 is 0. The predicted octanol–water partition coefficient (Wildman–Crippen LogP) is 3.71. The van der Waals surface area contributed by atoms with E-state index >= 15 is 0 Å². The molecule has 0 bridgehead atoms. The number of aryl methyl sites for hydroxylation is 2. The molecule has 2 aromatic heterocycles. The van der Waals surface area contributed by atoms with Crippen molar-refractivity contribution in [2.75, 3.05) is 6.61 Å². The number of rotatable bonds is 8. The Morgan fingerprint density at radius 1 is 1.30 bits per heavy atom. The van der Waals surface area contributed by atoms with Crippen LogP contribution in [0.4, 0.5) is 0 Å². The number of carbonyl (C=O) groups is 1. The molecule has 142 valence electrons. The molecule has 0 spiro atoms. The average molecular weight is 366 g/mol. The van der Waals surface area contributed by atoms with Gasteiger partial charge in [-0.05, 0) is 43.0 Å². The standard InChI is InChI=1S/C21H26N4O2/c1-14(2)13-27-17-7-4-6-16(11-17)18-10-15(3)21-19(24-18)12-23-25(21)9-5-8-20(22)26/h4,6-7,10-12,14H,5,8-9,13H2,1-3H3,(H2,22,26). The topological polar surface area (TPSA) is 83.0 Å². The third-order valence-corrected chi connectivity index (χ3v) is 4.29. The van der Waals surface area contributed by atoms with E-state index in [9.17, 15) is 4.79 Å². The number of hydrogen-bond acceptors (Lipinski definition) is 4. The van der Waals surface area contributed by atoms with Crippen LogP contribution < -0.4 is 10.5 Å². The zero-order valence-electron chi connectivity index (χ0n) is 16.1. The predicted molar refractivity (Wildman–Crippen MR) is 106 cm³/mol. The summed E-state index contributed by atoms with van der Waals surface area (Å²) < 4.78 is 7.73. The van der Waals surface area contributed by atoms with Gasteiger partial charge in [0, 0.05) is 18.5 Å². The molecule has 0 aliphatic heterocycles. The van der Waals surface area contributed by atoms with Crippen molar-refractivity contribution in [3.63, 3.8) is 0 Å². The Morgan fingerprint density at radius 3 is 2.85 bits per heavy atom. The minimum absolute atomic E-state index is 0.289. The molecule has 0 aliphatic rings. The largest absolute Gasteiger partial charge is 0.493 e. The molecule has 1 amide bonds. The van der Waals surface area contributed by atoms with E-state index < -0.39 is 0 Å². The number of pyridine rings is 1. The monoisotopic (exact) mass is 366 g/mol. The van der Waals surface area contributed by atoms with Crippen LogP contribution in [-0.2, 0) is 11.3 Å². The van der Waals surface area contributed by atoms with Gasteiger partial charge < -0.3 is 10.5 Å². The lowest BCUT2D eigenvalue weighted by Crippen LogP contribution is -2.12. The molecular formula is C21H26N4O2. The fourth-order valence-corrected chi connectivity index (χ4v) is 3.03.